The van der Waals surface area contributed by atoms with E-state index in [1.54, 1.807) is 91.0 Å². The molecule has 1 saturated heterocycles. The number of nitrogens with zero attached hydrogens (tertiary/aromatic N) is 3. The average Bonchev–Trinajstić information content (AvgIpc) is 3.85. The van der Waals surface area contributed by atoms with E-state index >= 15 is 0 Å². The number of imide groups is 2. The van der Waals surface area contributed by atoms with Gasteiger partial charge in [-0.25, -0.2) is 9.80 Å². The molecule has 3 aliphatic rings. The van der Waals surface area contributed by atoms with Gasteiger partial charge >= 0.3 is 0 Å². The Balaban J connectivity index is 0.925. The fraction of sp³-hybridized carbons (Fsp3) is 0.0455. The standard InChI is InChI=1S/C44H27N3O7/c48-39(27-12-6-2-7-13-27)38-37(26-10-4-1-5-11-26)47(38)40(49)28-16-22-33-35(24-28)43(52)46(41(33)50)30-17-19-31(20-18-30)54-32-21-23-34-36(25-32)44(53)45(42(34)51)29-14-8-3-9-15-29/h1-25,37-38H/t37-,38-,47?/m0/s1. The SMILES string of the molecule is O=C(c1ccccc1)[C@@H]1[C@H](c2ccccc2)N1C(=O)c1ccc2c(c1)C(=O)N(c1ccc(Oc3ccc4c(c3)C(=O)N(c3ccccc3)C4=O)cc1)C2=O. The summed E-state index contributed by atoms with van der Waals surface area (Å²) in [5.74, 6) is -1.93. The van der Waals surface area contributed by atoms with Crippen LogP contribution >= 0.6 is 0 Å². The lowest BCUT2D eigenvalue weighted by atomic mass is 10.0. The number of carbonyl (C=O) groups excluding carboxylic acids is 6. The van der Waals surface area contributed by atoms with E-state index in [-0.39, 0.29) is 33.6 Å². The summed E-state index contributed by atoms with van der Waals surface area (Å²) in [6, 6.07) is 40.9. The van der Waals surface area contributed by atoms with Crippen molar-refractivity contribution in [3.05, 3.63) is 191 Å². The summed E-state index contributed by atoms with van der Waals surface area (Å²) in [4.78, 5) is 84.5. The van der Waals surface area contributed by atoms with Gasteiger partial charge in [-0.15, -0.1) is 0 Å². The van der Waals surface area contributed by atoms with Gasteiger partial charge in [-0.1, -0.05) is 78.9 Å². The van der Waals surface area contributed by atoms with Gasteiger partial charge in [0, 0.05) is 11.1 Å². The van der Waals surface area contributed by atoms with Crippen LogP contribution in [0.5, 0.6) is 11.5 Å². The molecule has 2 atom stereocenters. The van der Waals surface area contributed by atoms with E-state index < -0.39 is 41.6 Å². The number of ketones is 1. The minimum Gasteiger partial charge on any atom is -0.457 e. The third-order valence-corrected chi connectivity index (χ3v) is 9.85. The third kappa shape index (κ3) is 5.27. The topological polar surface area (TPSA) is 121 Å². The Labute approximate surface area is 308 Å². The molecule has 0 spiro atoms. The number of fused-ring (bicyclic) bond motifs is 2. The van der Waals surface area contributed by atoms with Crippen molar-refractivity contribution in [1.82, 2.24) is 4.90 Å². The molecular weight excluding hydrogens is 682 g/mol. The number of amides is 5. The summed E-state index contributed by atoms with van der Waals surface area (Å²) >= 11 is 0. The number of anilines is 2. The number of Topliss-reactive ketones (excluding diaryl/α,β-unsaturated/α-hetero) is 1. The molecule has 0 unspecified atom stereocenters. The summed E-state index contributed by atoms with van der Waals surface area (Å²) in [7, 11) is 0. The van der Waals surface area contributed by atoms with E-state index in [9.17, 15) is 28.8 Å². The van der Waals surface area contributed by atoms with Crippen molar-refractivity contribution in [3.8, 4) is 11.5 Å². The lowest BCUT2D eigenvalue weighted by Crippen LogP contribution is -2.29. The number of hydrogen-bond donors (Lipinski definition) is 0. The highest BCUT2D eigenvalue weighted by atomic mass is 16.5. The molecule has 260 valence electrons. The number of benzene rings is 6. The van der Waals surface area contributed by atoms with Gasteiger partial charge in [-0.05, 0) is 78.4 Å². The van der Waals surface area contributed by atoms with Gasteiger partial charge in [0.2, 0.25) is 0 Å². The zero-order valence-corrected chi connectivity index (χ0v) is 28.3. The molecule has 10 nitrogen and oxygen atoms in total. The van der Waals surface area contributed by atoms with Gasteiger partial charge < -0.3 is 9.64 Å². The first-order valence-corrected chi connectivity index (χ1v) is 17.2. The van der Waals surface area contributed by atoms with Gasteiger partial charge in [0.15, 0.2) is 5.78 Å². The second-order valence-electron chi connectivity index (χ2n) is 13.0. The minimum absolute atomic E-state index is 0.0807. The van der Waals surface area contributed by atoms with Crippen LogP contribution < -0.4 is 14.5 Å². The van der Waals surface area contributed by atoms with Crippen LogP contribution in [0.1, 0.15) is 73.8 Å². The van der Waals surface area contributed by atoms with Crippen LogP contribution in [0.15, 0.2) is 152 Å². The van der Waals surface area contributed by atoms with E-state index in [0.717, 1.165) is 15.4 Å². The summed E-state index contributed by atoms with van der Waals surface area (Å²) in [6.07, 6.45) is 0. The van der Waals surface area contributed by atoms with Gasteiger partial charge in [0.1, 0.15) is 17.5 Å². The second kappa shape index (κ2) is 12.6. The fourth-order valence-electron chi connectivity index (χ4n) is 7.17. The van der Waals surface area contributed by atoms with Crippen molar-refractivity contribution in [1.29, 1.82) is 0 Å². The molecule has 0 saturated carbocycles. The molecule has 0 radical (unpaired) electrons. The fourth-order valence-corrected chi connectivity index (χ4v) is 7.17. The minimum atomic E-state index is -0.714. The number of para-hydroxylation sites is 1. The molecule has 6 aromatic carbocycles. The largest absolute Gasteiger partial charge is 0.457 e. The summed E-state index contributed by atoms with van der Waals surface area (Å²) < 4.78 is 5.99. The van der Waals surface area contributed by atoms with E-state index in [1.165, 1.54) is 29.2 Å². The second-order valence-corrected chi connectivity index (χ2v) is 13.0. The van der Waals surface area contributed by atoms with Crippen LogP contribution in [-0.4, -0.2) is 46.3 Å². The highest BCUT2D eigenvalue weighted by Gasteiger charge is 2.56. The molecule has 10 heteroatoms. The Kier molecular flexibility index (Phi) is 7.60. The zero-order valence-electron chi connectivity index (χ0n) is 28.3. The van der Waals surface area contributed by atoms with E-state index in [0.29, 0.717) is 28.4 Å². The summed E-state index contributed by atoms with van der Waals surface area (Å²) in [5, 5.41) is 0. The van der Waals surface area contributed by atoms with Gasteiger partial charge in [-0.3, -0.25) is 28.8 Å². The maximum Gasteiger partial charge on any atom is 0.266 e. The first-order chi connectivity index (χ1) is 26.3. The number of ether oxygens (including phenoxy) is 1. The van der Waals surface area contributed by atoms with Crippen molar-refractivity contribution in [2.75, 3.05) is 9.80 Å². The molecule has 0 N–H and O–H groups in total. The monoisotopic (exact) mass is 709 g/mol. The average molecular weight is 710 g/mol. The molecule has 1 fully saturated rings. The Hall–Kier alpha value is -7.46. The molecule has 3 heterocycles. The zero-order chi connectivity index (χ0) is 37.1. The van der Waals surface area contributed by atoms with Crippen molar-refractivity contribution in [3.63, 3.8) is 0 Å². The lowest BCUT2D eigenvalue weighted by molar-refractivity contribution is 0.0833. The Morgan fingerprint density at radius 3 is 1.59 bits per heavy atom. The highest BCUT2D eigenvalue weighted by molar-refractivity contribution is 6.35. The first-order valence-electron chi connectivity index (χ1n) is 17.2. The van der Waals surface area contributed by atoms with E-state index in [1.807, 2.05) is 36.4 Å². The first kappa shape index (κ1) is 32.4. The predicted octanol–water partition coefficient (Wildman–Crippen LogP) is 7.53. The number of carbonyl (C=O) groups is 6. The lowest BCUT2D eigenvalue weighted by Gasteiger charge is -2.14. The highest BCUT2D eigenvalue weighted by Crippen LogP contribution is 2.46. The maximum atomic E-state index is 14.0. The van der Waals surface area contributed by atoms with Crippen molar-refractivity contribution in [2.24, 2.45) is 0 Å². The van der Waals surface area contributed by atoms with Gasteiger partial charge in [-0.2, -0.15) is 0 Å². The van der Waals surface area contributed by atoms with E-state index in [2.05, 4.69) is 0 Å². The quantitative estimate of drug-likeness (QED) is 0.0910. The molecular formula is C44H27N3O7. The molecule has 0 aromatic heterocycles. The molecule has 6 aromatic rings. The molecule has 0 aliphatic carbocycles. The maximum absolute atomic E-state index is 14.0. The Morgan fingerprint density at radius 2 is 0.963 bits per heavy atom. The van der Waals surface area contributed by atoms with Gasteiger partial charge in [0.25, 0.3) is 29.5 Å². The predicted molar refractivity (Wildman–Crippen MR) is 198 cm³/mol. The normalized spacial score (nSPS) is 17.1. The van der Waals surface area contributed by atoms with Gasteiger partial charge in [0.05, 0.1) is 39.7 Å². The van der Waals surface area contributed by atoms with Crippen molar-refractivity contribution < 1.29 is 33.5 Å². The smallest absolute Gasteiger partial charge is 0.266 e. The van der Waals surface area contributed by atoms with Crippen LogP contribution in [0.3, 0.4) is 0 Å². The van der Waals surface area contributed by atoms with Crippen LogP contribution in [0.2, 0.25) is 0 Å². The molecule has 5 amide bonds. The van der Waals surface area contributed by atoms with Crippen LogP contribution in [0.4, 0.5) is 11.4 Å². The van der Waals surface area contributed by atoms with Crippen LogP contribution in [-0.2, 0) is 0 Å². The van der Waals surface area contributed by atoms with Crippen LogP contribution in [0.25, 0.3) is 0 Å². The van der Waals surface area contributed by atoms with Crippen LogP contribution in [0, 0.1) is 0 Å². The molecule has 9 rings (SSSR count). The van der Waals surface area contributed by atoms with Crippen molar-refractivity contribution >= 4 is 46.7 Å². The molecule has 54 heavy (non-hydrogen) atoms. The number of rotatable bonds is 8. The molecule has 3 aliphatic heterocycles. The third-order valence-electron chi connectivity index (χ3n) is 9.85. The summed E-state index contributed by atoms with van der Waals surface area (Å²) in [6.45, 7) is 0. The van der Waals surface area contributed by atoms with E-state index in [4.69, 9.17) is 4.74 Å². The molecule has 0 bridgehead atoms. The Morgan fingerprint density at radius 1 is 0.463 bits per heavy atom. The summed E-state index contributed by atoms with van der Waals surface area (Å²) in [5.41, 5.74) is 2.99. The Bertz CT molecular complexity index is 2560. The number of hydrogen-bond acceptors (Lipinski definition) is 7. The van der Waals surface area contributed by atoms with Crippen molar-refractivity contribution in [2.45, 2.75) is 12.1 Å².